The van der Waals surface area contributed by atoms with Crippen LogP contribution in [0, 0.1) is 10.1 Å². The summed E-state index contributed by atoms with van der Waals surface area (Å²) in [5.74, 6) is -0.183. The second-order valence-corrected chi connectivity index (χ2v) is 4.11. The summed E-state index contributed by atoms with van der Waals surface area (Å²) in [5.41, 5.74) is -0.144. The molecule has 0 fully saturated rings. The Morgan fingerprint density at radius 3 is 2.45 bits per heavy atom. The molecule has 9 heteroatoms. The van der Waals surface area contributed by atoms with E-state index in [0.29, 0.717) is 12.2 Å². The van der Waals surface area contributed by atoms with Crippen molar-refractivity contribution in [3.8, 4) is 11.5 Å². The minimum atomic E-state index is -0.697. The van der Waals surface area contributed by atoms with Gasteiger partial charge in [0.1, 0.15) is 12.2 Å². The maximum Gasteiger partial charge on any atom is 0.361 e. The third-order valence-electron chi connectivity index (χ3n) is 2.56. The minimum Gasteiger partial charge on any atom is -0.493 e. The number of hydrogen-bond acceptors (Lipinski definition) is 8. The minimum absolute atomic E-state index is 0.107. The molecule has 0 aliphatic heterocycles. The summed E-state index contributed by atoms with van der Waals surface area (Å²) in [6.07, 6.45) is 0.696. The van der Waals surface area contributed by atoms with Crippen molar-refractivity contribution in [2.75, 3.05) is 32.7 Å². The predicted molar refractivity (Wildman–Crippen MR) is 77.0 cm³/mol. The maximum absolute atomic E-state index is 11.4. The lowest BCUT2D eigenvalue weighted by molar-refractivity contribution is -0.384. The van der Waals surface area contributed by atoms with Crippen LogP contribution in [-0.2, 0) is 14.6 Å². The van der Waals surface area contributed by atoms with Gasteiger partial charge in [-0.1, -0.05) is 6.92 Å². The van der Waals surface area contributed by atoms with Gasteiger partial charge >= 0.3 is 5.97 Å². The van der Waals surface area contributed by atoms with Gasteiger partial charge in [0.25, 0.3) is 5.69 Å². The summed E-state index contributed by atoms with van der Waals surface area (Å²) in [7, 11) is 2.78. The van der Waals surface area contributed by atoms with E-state index in [4.69, 9.17) is 9.47 Å². The van der Waals surface area contributed by atoms with Crippen molar-refractivity contribution < 1.29 is 29.0 Å². The standard InChI is InChI=1S/C13H18N2O7/c1-4-5-21-22-13(16)8-14-9-6-11(19-2)12(20-3)7-10(9)15(17)18/h6-7,14H,4-5,8H2,1-3H3. The number of hydrogen-bond donors (Lipinski definition) is 1. The Labute approximate surface area is 127 Å². The van der Waals surface area contributed by atoms with E-state index in [9.17, 15) is 14.9 Å². The topological polar surface area (TPSA) is 109 Å². The highest BCUT2D eigenvalue weighted by Crippen LogP contribution is 2.37. The molecule has 22 heavy (non-hydrogen) atoms. The summed E-state index contributed by atoms with van der Waals surface area (Å²) in [5, 5.41) is 13.7. The van der Waals surface area contributed by atoms with Crippen LogP contribution in [0.5, 0.6) is 11.5 Å². The largest absolute Gasteiger partial charge is 0.493 e. The van der Waals surface area contributed by atoms with Crippen LogP contribution in [0.4, 0.5) is 11.4 Å². The molecule has 0 aliphatic carbocycles. The van der Waals surface area contributed by atoms with Crippen LogP contribution in [0.25, 0.3) is 0 Å². The third kappa shape index (κ3) is 4.77. The number of nitro benzene ring substituents is 1. The molecule has 0 amide bonds. The number of nitro groups is 1. The molecule has 1 rings (SSSR count). The van der Waals surface area contributed by atoms with Gasteiger partial charge in [-0.3, -0.25) is 15.0 Å². The lowest BCUT2D eigenvalue weighted by atomic mass is 10.2. The van der Waals surface area contributed by atoms with Crippen molar-refractivity contribution in [2.24, 2.45) is 0 Å². The van der Waals surface area contributed by atoms with Crippen molar-refractivity contribution in [1.82, 2.24) is 0 Å². The number of anilines is 1. The molecule has 0 aromatic heterocycles. The van der Waals surface area contributed by atoms with Gasteiger partial charge in [0.15, 0.2) is 11.5 Å². The number of carbonyl (C=O) groups excluding carboxylic acids is 1. The summed E-state index contributed by atoms with van der Waals surface area (Å²) in [4.78, 5) is 31.0. The summed E-state index contributed by atoms with van der Waals surface area (Å²) in [6.45, 7) is 1.85. The van der Waals surface area contributed by atoms with Crippen LogP contribution in [0.3, 0.4) is 0 Å². The highest BCUT2D eigenvalue weighted by Gasteiger charge is 2.20. The van der Waals surface area contributed by atoms with Crippen molar-refractivity contribution >= 4 is 17.3 Å². The highest BCUT2D eigenvalue weighted by molar-refractivity contribution is 5.77. The van der Waals surface area contributed by atoms with Crippen LogP contribution in [0.2, 0.25) is 0 Å². The Morgan fingerprint density at radius 2 is 1.91 bits per heavy atom. The van der Waals surface area contributed by atoms with Crippen molar-refractivity contribution in [1.29, 1.82) is 0 Å². The second-order valence-electron chi connectivity index (χ2n) is 4.11. The zero-order valence-corrected chi connectivity index (χ0v) is 12.6. The predicted octanol–water partition coefficient (Wildman–Crippen LogP) is 1.91. The van der Waals surface area contributed by atoms with Gasteiger partial charge in [0.2, 0.25) is 0 Å². The Morgan fingerprint density at radius 1 is 1.27 bits per heavy atom. The monoisotopic (exact) mass is 314 g/mol. The van der Waals surface area contributed by atoms with Crippen molar-refractivity contribution in [3.05, 3.63) is 22.2 Å². The van der Waals surface area contributed by atoms with E-state index in [-0.39, 0.29) is 30.3 Å². The molecule has 0 aliphatic rings. The number of nitrogens with zero attached hydrogens (tertiary/aromatic N) is 1. The molecule has 0 saturated heterocycles. The second kappa shape index (κ2) is 8.67. The number of methoxy groups -OCH3 is 2. The molecule has 122 valence electrons. The Balaban J connectivity index is 2.84. The molecular formula is C13H18N2O7. The first-order valence-electron chi connectivity index (χ1n) is 6.50. The Kier molecular flexibility index (Phi) is 6.90. The molecule has 1 aromatic rings. The van der Waals surface area contributed by atoms with E-state index < -0.39 is 10.9 Å². The van der Waals surface area contributed by atoms with Gasteiger partial charge in [-0.25, -0.2) is 4.79 Å². The molecule has 1 N–H and O–H groups in total. The van der Waals surface area contributed by atoms with Gasteiger partial charge in [-0.05, 0) is 6.42 Å². The quantitative estimate of drug-likeness (QED) is 0.318. The molecule has 1 aromatic carbocycles. The van der Waals surface area contributed by atoms with Crippen molar-refractivity contribution in [2.45, 2.75) is 13.3 Å². The normalized spacial score (nSPS) is 9.95. The molecule has 9 nitrogen and oxygen atoms in total. The van der Waals surface area contributed by atoms with E-state index in [0.717, 1.165) is 0 Å². The van der Waals surface area contributed by atoms with Gasteiger partial charge in [0, 0.05) is 6.07 Å². The first kappa shape index (κ1) is 17.5. The molecule has 0 unspecified atom stereocenters. The van der Waals surface area contributed by atoms with E-state index in [2.05, 4.69) is 15.1 Å². The average molecular weight is 314 g/mol. The number of nitrogens with one attached hydrogen (secondary N) is 1. The van der Waals surface area contributed by atoms with Crippen LogP contribution in [0.15, 0.2) is 12.1 Å². The van der Waals surface area contributed by atoms with E-state index in [1.54, 1.807) is 0 Å². The molecule has 0 saturated carbocycles. The summed E-state index contributed by atoms with van der Waals surface area (Å²) in [6, 6.07) is 2.58. The van der Waals surface area contributed by atoms with Gasteiger partial charge in [-0.2, -0.15) is 4.89 Å². The molecular weight excluding hydrogens is 296 g/mol. The Hall–Kier alpha value is -2.55. The number of rotatable bonds is 9. The molecule has 0 bridgehead atoms. The number of carbonyl (C=O) groups is 1. The fourth-order valence-electron chi connectivity index (χ4n) is 1.55. The number of benzene rings is 1. The van der Waals surface area contributed by atoms with Gasteiger partial charge in [0.05, 0.1) is 31.8 Å². The van der Waals surface area contributed by atoms with Crippen LogP contribution in [0.1, 0.15) is 13.3 Å². The van der Waals surface area contributed by atoms with Crippen molar-refractivity contribution in [3.63, 3.8) is 0 Å². The third-order valence-corrected chi connectivity index (χ3v) is 2.56. The smallest absolute Gasteiger partial charge is 0.361 e. The van der Waals surface area contributed by atoms with E-state index in [1.807, 2.05) is 6.92 Å². The van der Waals surface area contributed by atoms with Crippen LogP contribution in [-0.4, -0.2) is 38.3 Å². The fraction of sp³-hybridized carbons (Fsp3) is 0.462. The maximum atomic E-state index is 11.4. The lowest BCUT2D eigenvalue weighted by Crippen LogP contribution is -2.18. The van der Waals surface area contributed by atoms with Gasteiger partial charge < -0.3 is 14.8 Å². The first-order valence-corrected chi connectivity index (χ1v) is 6.50. The molecule has 0 heterocycles. The molecule has 0 atom stereocenters. The summed E-state index contributed by atoms with van der Waals surface area (Å²) >= 11 is 0. The fourth-order valence-corrected chi connectivity index (χ4v) is 1.55. The zero-order chi connectivity index (χ0) is 16.5. The van der Waals surface area contributed by atoms with Crippen LogP contribution < -0.4 is 14.8 Å². The lowest BCUT2D eigenvalue weighted by Gasteiger charge is -2.11. The highest BCUT2D eigenvalue weighted by atomic mass is 17.2. The molecule has 0 spiro atoms. The number of ether oxygens (including phenoxy) is 2. The summed E-state index contributed by atoms with van der Waals surface area (Å²) < 4.78 is 10.1. The zero-order valence-electron chi connectivity index (χ0n) is 12.6. The first-order chi connectivity index (χ1) is 10.5. The van der Waals surface area contributed by atoms with E-state index >= 15 is 0 Å². The molecule has 0 radical (unpaired) electrons. The average Bonchev–Trinajstić information content (AvgIpc) is 2.52. The Bertz CT molecular complexity index is 533. The van der Waals surface area contributed by atoms with Crippen LogP contribution >= 0.6 is 0 Å². The van der Waals surface area contributed by atoms with Gasteiger partial charge in [-0.15, -0.1) is 0 Å². The van der Waals surface area contributed by atoms with E-state index in [1.165, 1.54) is 26.4 Å². The SMILES string of the molecule is CCCOOC(=O)CNc1cc(OC)c(OC)cc1[N+](=O)[O-].